The van der Waals surface area contributed by atoms with Crippen LogP contribution < -0.4 is 15.6 Å². The number of hydrazine groups is 1. The molecule has 0 spiro atoms. The Morgan fingerprint density at radius 1 is 0.913 bits per heavy atom. The molecular weight excluding hydrogens is 296 g/mol. The minimum absolute atomic E-state index is 0.323. The van der Waals surface area contributed by atoms with E-state index in [-0.39, 0.29) is 0 Å². The first-order valence-corrected chi connectivity index (χ1v) is 6.98. The highest BCUT2D eigenvalue weighted by atomic mass is 16.5. The molecule has 1 atom stereocenters. The average molecular weight is 314 g/mol. The smallest absolute Gasteiger partial charge is 0.273 e. The lowest BCUT2D eigenvalue weighted by Gasteiger charge is -2.16. The van der Waals surface area contributed by atoms with E-state index in [1.807, 2.05) is 18.2 Å². The molecule has 0 fully saturated rings. The van der Waals surface area contributed by atoms with Crippen LogP contribution >= 0.6 is 0 Å². The van der Waals surface area contributed by atoms with Crippen LogP contribution in [0.15, 0.2) is 54.6 Å². The van der Waals surface area contributed by atoms with Gasteiger partial charge in [0.15, 0.2) is 6.10 Å². The highest BCUT2D eigenvalue weighted by Crippen LogP contribution is 2.17. The van der Waals surface area contributed by atoms with Gasteiger partial charge in [-0.25, -0.2) is 0 Å². The molecule has 0 aromatic heterocycles. The van der Waals surface area contributed by atoms with E-state index in [0.29, 0.717) is 16.9 Å². The highest BCUT2D eigenvalue weighted by Gasteiger charge is 2.21. The number of hydrogen-bond acceptors (Lipinski definition) is 4. The monoisotopic (exact) mass is 314 g/mol. The lowest BCUT2D eigenvalue weighted by Crippen LogP contribution is -2.44. The van der Waals surface area contributed by atoms with Crippen molar-refractivity contribution >= 4 is 11.8 Å². The Balaban J connectivity index is 2.02. The quantitative estimate of drug-likeness (QED) is 0.826. The van der Waals surface area contributed by atoms with E-state index in [1.54, 1.807) is 36.4 Å². The van der Waals surface area contributed by atoms with Gasteiger partial charge in [-0.05, 0) is 17.7 Å². The summed E-state index contributed by atoms with van der Waals surface area (Å²) < 4.78 is 10.3. The van der Waals surface area contributed by atoms with Crippen LogP contribution in [-0.4, -0.2) is 26.0 Å². The molecule has 120 valence electrons. The van der Waals surface area contributed by atoms with Gasteiger partial charge in [-0.2, -0.15) is 0 Å². The minimum Gasteiger partial charge on any atom is -0.496 e. The van der Waals surface area contributed by atoms with E-state index in [0.717, 1.165) is 0 Å². The van der Waals surface area contributed by atoms with Crippen LogP contribution in [0.2, 0.25) is 0 Å². The van der Waals surface area contributed by atoms with Crippen molar-refractivity contribution in [1.82, 2.24) is 10.9 Å². The molecule has 6 heteroatoms. The van der Waals surface area contributed by atoms with Crippen molar-refractivity contribution < 1.29 is 19.1 Å². The van der Waals surface area contributed by atoms with Gasteiger partial charge >= 0.3 is 0 Å². The molecule has 0 heterocycles. The predicted molar refractivity (Wildman–Crippen MR) is 84.8 cm³/mol. The third-order valence-electron chi connectivity index (χ3n) is 3.23. The number of rotatable bonds is 5. The van der Waals surface area contributed by atoms with E-state index in [2.05, 4.69) is 10.9 Å². The topological polar surface area (TPSA) is 76.7 Å². The summed E-state index contributed by atoms with van der Waals surface area (Å²) >= 11 is 0. The molecular formula is C17H18N2O4. The molecule has 0 aliphatic heterocycles. The van der Waals surface area contributed by atoms with Crippen LogP contribution in [0.5, 0.6) is 5.75 Å². The zero-order valence-electron chi connectivity index (χ0n) is 12.9. The number of carbonyl (C=O) groups is 2. The first-order valence-electron chi connectivity index (χ1n) is 6.98. The Morgan fingerprint density at radius 2 is 1.57 bits per heavy atom. The first kappa shape index (κ1) is 16.5. The van der Waals surface area contributed by atoms with Gasteiger partial charge in [0.2, 0.25) is 0 Å². The lowest BCUT2D eigenvalue weighted by atomic mass is 10.1. The highest BCUT2D eigenvalue weighted by molar-refractivity contribution is 5.98. The molecule has 2 N–H and O–H groups in total. The SMILES string of the molecule is COc1ccccc1C(=O)NNC(=O)[C@@H](OC)c1ccccc1. The number of methoxy groups -OCH3 is 2. The largest absolute Gasteiger partial charge is 0.496 e. The second-order valence-corrected chi connectivity index (χ2v) is 4.67. The Kier molecular flexibility index (Phi) is 5.71. The van der Waals surface area contributed by atoms with Gasteiger partial charge in [0.25, 0.3) is 11.8 Å². The van der Waals surface area contributed by atoms with Crippen molar-refractivity contribution in [3.8, 4) is 5.75 Å². The lowest BCUT2D eigenvalue weighted by molar-refractivity contribution is -0.132. The molecule has 2 amide bonds. The van der Waals surface area contributed by atoms with Crippen molar-refractivity contribution in [3.05, 3.63) is 65.7 Å². The van der Waals surface area contributed by atoms with Crippen molar-refractivity contribution in [1.29, 1.82) is 0 Å². The number of carbonyl (C=O) groups excluding carboxylic acids is 2. The Labute approximate surface area is 134 Å². The Morgan fingerprint density at radius 3 is 2.22 bits per heavy atom. The van der Waals surface area contributed by atoms with Crippen molar-refractivity contribution in [3.63, 3.8) is 0 Å². The van der Waals surface area contributed by atoms with Gasteiger partial charge in [0, 0.05) is 7.11 Å². The fourth-order valence-corrected chi connectivity index (χ4v) is 2.11. The molecule has 0 aliphatic carbocycles. The maximum atomic E-state index is 12.2. The summed E-state index contributed by atoms with van der Waals surface area (Å²) in [7, 11) is 2.90. The standard InChI is InChI=1S/C17H18N2O4/c1-22-14-11-7-6-10-13(14)16(20)18-19-17(21)15(23-2)12-8-4-3-5-9-12/h3-11,15H,1-2H3,(H,18,20)(H,19,21)/t15-/m0/s1. The zero-order chi connectivity index (χ0) is 16.7. The summed E-state index contributed by atoms with van der Waals surface area (Å²) in [6.07, 6.45) is -0.811. The van der Waals surface area contributed by atoms with E-state index in [4.69, 9.17) is 9.47 Å². The molecule has 0 saturated carbocycles. The van der Waals surface area contributed by atoms with Crippen molar-refractivity contribution in [2.24, 2.45) is 0 Å². The first-order chi connectivity index (χ1) is 11.2. The van der Waals surface area contributed by atoms with E-state index in [9.17, 15) is 9.59 Å². The molecule has 0 aliphatic rings. The Hall–Kier alpha value is -2.86. The van der Waals surface area contributed by atoms with Crippen LogP contribution in [0.3, 0.4) is 0 Å². The van der Waals surface area contributed by atoms with Crippen LogP contribution in [0.4, 0.5) is 0 Å². The number of hydrogen-bond donors (Lipinski definition) is 2. The van der Waals surface area contributed by atoms with Gasteiger partial charge in [0.1, 0.15) is 5.75 Å². The van der Waals surface area contributed by atoms with Crippen LogP contribution in [0, 0.1) is 0 Å². The van der Waals surface area contributed by atoms with Gasteiger partial charge in [0.05, 0.1) is 12.7 Å². The van der Waals surface area contributed by atoms with Crippen LogP contribution in [0.25, 0.3) is 0 Å². The van der Waals surface area contributed by atoms with Crippen LogP contribution in [-0.2, 0) is 9.53 Å². The summed E-state index contributed by atoms with van der Waals surface area (Å²) in [5.41, 5.74) is 5.74. The van der Waals surface area contributed by atoms with Crippen molar-refractivity contribution in [2.45, 2.75) is 6.10 Å². The zero-order valence-corrected chi connectivity index (χ0v) is 12.9. The fraction of sp³-hybridized carbons (Fsp3) is 0.176. The summed E-state index contributed by atoms with van der Waals surface area (Å²) in [5, 5.41) is 0. The minimum atomic E-state index is -0.811. The summed E-state index contributed by atoms with van der Waals surface area (Å²) in [5.74, 6) is -0.522. The molecule has 6 nitrogen and oxygen atoms in total. The molecule has 2 aromatic rings. The second-order valence-electron chi connectivity index (χ2n) is 4.67. The fourth-order valence-electron chi connectivity index (χ4n) is 2.11. The van der Waals surface area contributed by atoms with Gasteiger partial charge in [-0.15, -0.1) is 0 Å². The van der Waals surface area contributed by atoms with E-state index < -0.39 is 17.9 Å². The molecule has 2 rings (SSSR count). The summed E-state index contributed by atoms with van der Waals surface area (Å²) in [6, 6.07) is 15.7. The predicted octanol–water partition coefficient (Wildman–Crippen LogP) is 1.84. The molecule has 0 bridgehead atoms. The molecule has 2 aromatic carbocycles. The maximum absolute atomic E-state index is 12.2. The number of benzene rings is 2. The third kappa shape index (κ3) is 4.08. The van der Waals surface area contributed by atoms with E-state index in [1.165, 1.54) is 14.2 Å². The molecule has 0 unspecified atom stereocenters. The normalized spacial score (nSPS) is 11.4. The van der Waals surface area contributed by atoms with E-state index >= 15 is 0 Å². The third-order valence-corrected chi connectivity index (χ3v) is 3.23. The Bertz CT molecular complexity index is 673. The maximum Gasteiger partial charge on any atom is 0.273 e. The van der Waals surface area contributed by atoms with Gasteiger partial charge in [-0.1, -0.05) is 42.5 Å². The summed E-state index contributed by atoms with van der Waals surface area (Å²) in [6.45, 7) is 0. The van der Waals surface area contributed by atoms with Gasteiger partial charge in [-0.3, -0.25) is 20.4 Å². The molecule has 0 radical (unpaired) electrons. The number of ether oxygens (including phenoxy) is 2. The number of nitrogens with one attached hydrogen (secondary N) is 2. The van der Waals surface area contributed by atoms with Crippen LogP contribution in [0.1, 0.15) is 22.0 Å². The molecule has 23 heavy (non-hydrogen) atoms. The second kappa shape index (κ2) is 7.95. The van der Waals surface area contributed by atoms with Crippen molar-refractivity contribution in [2.75, 3.05) is 14.2 Å². The average Bonchev–Trinajstić information content (AvgIpc) is 2.61. The number of para-hydroxylation sites is 1. The molecule has 0 saturated heterocycles. The van der Waals surface area contributed by atoms with Gasteiger partial charge < -0.3 is 9.47 Å². The summed E-state index contributed by atoms with van der Waals surface area (Å²) in [4.78, 5) is 24.3. The number of amides is 2.